The lowest BCUT2D eigenvalue weighted by Crippen LogP contribution is -2.31. The number of nitrogens with two attached hydrogens (primary N) is 1. The molecule has 1 aromatic rings. The van der Waals surface area contributed by atoms with Gasteiger partial charge < -0.3 is 10.6 Å². The van der Waals surface area contributed by atoms with Gasteiger partial charge in [-0.25, -0.2) is 0 Å². The Kier molecular flexibility index (Phi) is 3.48. The van der Waals surface area contributed by atoms with Gasteiger partial charge in [-0.1, -0.05) is 19.1 Å². The third-order valence-corrected chi connectivity index (χ3v) is 3.70. The van der Waals surface area contributed by atoms with E-state index >= 15 is 0 Å². The van der Waals surface area contributed by atoms with Crippen LogP contribution in [0.2, 0.25) is 0 Å². The topological polar surface area (TPSA) is 46.3 Å². The summed E-state index contributed by atoms with van der Waals surface area (Å²) in [6, 6.07) is 6.38. The fourth-order valence-corrected chi connectivity index (χ4v) is 2.47. The molecule has 1 unspecified atom stereocenters. The van der Waals surface area contributed by atoms with Crippen LogP contribution in [0.5, 0.6) is 0 Å². The molecule has 0 saturated heterocycles. The molecule has 1 atom stereocenters. The van der Waals surface area contributed by atoms with E-state index in [1.54, 1.807) is 4.90 Å². The highest BCUT2D eigenvalue weighted by molar-refractivity contribution is 5.95. The molecule has 1 amide bonds. The van der Waals surface area contributed by atoms with Gasteiger partial charge in [-0.3, -0.25) is 4.79 Å². The van der Waals surface area contributed by atoms with Crippen LogP contribution in [0.3, 0.4) is 0 Å². The molecule has 3 heteroatoms. The summed E-state index contributed by atoms with van der Waals surface area (Å²) in [6.07, 6.45) is 2.53. The van der Waals surface area contributed by atoms with E-state index in [4.69, 9.17) is 5.73 Å². The van der Waals surface area contributed by atoms with E-state index in [9.17, 15) is 4.79 Å². The minimum absolute atomic E-state index is 0.205. The Morgan fingerprint density at radius 3 is 2.82 bits per heavy atom. The van der Waals surface area contributed by atoms with Gasteiger partial charge in [-0.05, 0) is 42.5 Å². The van der Waals surface area contributed by atoms with Gasteiger partial charge in [0.15, 0.2) is 0 Å². The van der Waals surface area contributed by atoms with E-state index < -0.39 is 0 Å². The van der Waals surface area contributed by atoms with Crippen LogP contribution in [0.4, 0.5) is 5.69 Å². The smallest absolute Gasteiger partial charge is 0.227 e. The number of benzene rings is 1. The molecule has 0 spiro atoms. The number of carbonyl (C=O) groups is 1. The Morgan fingerprint density at radius 1 is 1.41 bits per heavy atom. The summed E-state index contributed by atoms with van der Waals surface area (Å²) in [6.45, 7) is 2.84. The zero-order chi connectivity index (χ0) is 12.4. The Morgan fingerprint density at radius 2 is 2.18 bits per heavy atom. The minimum atomic E-state index is 0.205. The van der Waals surface area contributed by atoms with Gasteiger partial charge in [0.05, 0.1) is 0 Å². The molecule has 0 aromatic heterocycles. The van der Waals surface area contributed by atoms with Gasteiger partial charge >= 0.3 is 0 Å². The molecular weight excluding hydrogens is 212 g/mol. The number of nitrogens with zero attached hydrogens (tertiary/aromatic N) is 1. The Bertz CT molecular complexity index is 424. The maximum absolute atomic E-state index is 11.6. The van der Waals surface area contributed by atoms with Gasteiger partial charge in [-0.2, -0.15) is 0 Å². The highest BCUT2D eigenvalue weighted by Crippen LogP contribution is 2.30. The normalized spacial score (nSPS) is 16.9. The van der Waals surface area contributed by atoms with Crippen molar-refractivity contribution in [3.63, 3.8) is 0 Å². The number of hydrogen-bond acceptors (Lipinski definition) is 2. The van der Waals surface area contributed by atoms with E-state index in [2.05, 4.69) is 25.1 Å². The van der Waals surface area contributed by atoms with Crippen molar-refractivity contribution >= 4 is 11.6 Å². The highest BCUT2D eigenvalue weighted by Gasteiger charge is 2.21. The predicted molar refractivity (Wildman–Crippen MR) is 70.3 cm³/mol. The number of fused-ring (bicyclic) bond motifs is 1. The first-order chi connectivity index (χ1) is 8.17. The first kappa shape index (κ1) is 12.1. The van der Waals surface area contributed by atoms with E-state index in [-0.39, 0.29) is 5.91 Å². The molecule has 92 valence electrons. The maximum atomic E-state index is 11.6. The van der Waals surface area contributed by atoms with Crippen LogP contribution in [0, 0.1) is 0 Å². The summed E-state index contributed by atoms with van der Waals surface area (Å²) in [4.78, 5) is 13.3. The Hall–Kier alpha value is -1.35. The Labute approximate surface area is 103 Å². The second kappa shape index (κ2) is 4.88. The summed E-state index contributed by atoms with van der Waals surface area (Å²) >= 11 is 0. The summed E-state index contributed by atoms with van der Waals surface area (Å²) in [5.41, 5.74) is 9.41. The van der Waals surface area contributed by atoms with Crippen molar-refractivity contribution in [2.75, 3.05) is 18.5 Å². The van der Waals surface area contributed by atoms with Crippen molar-refractivity contribution in [2.45, 2.75) is 32.1 Å². The first-order valence-electron chi connectivity index (χ1n) is 6.26. The lowest BCUT2D eigenvalue weighted by molar-refractivity contribution is -0.118. The summed E-state index contributed by atoms with van der Waals surface area (Å²) in [7, 11) is 1.85. The average Bonchev–Trinajstić information content (AvgIpc) is 2.35. The molecule has 3 nitrogen and oxygen atoms in total. The molecular formula is C14H20N2O. The van der Waals surface area contributed by atoms with Crippen LogP contribution in [-0.2, 0) is 11.2 Å². The van der Waals surface area contributed by atoms with E-state index in [1.165, 1.54) is 11.1 Å². The van der Waals surface area contributed by atoms with Crippen molar-refractivity contribution in [1.29, 1.82) is 0 Å². The molecule has 1 aromatic carbocycles. The molecule has 2 rings (SSSR count). The quantitative estimate of drug-likeness (QED) is 0.867. The molecule has 1 aliphatic heterocycles. The average molecular weight is 232 g/mol. The number of carbonyl (C=O) groups excluding carboxylic acids is 1. The van der Waals surface area contributed by atoms with Crippen molar-refractivity contribution in [2.24, 2.45) is 5.73 Å². The third-order valence-electron chi connectivity index (χ3n) is 3.70. The number of hydrogen-bond donors (Lipinski definition) is 1. The number of aryl methyl sites for hydroxylation is 1. The molecule has 2 N–H and O–H groups in total. The van der Waals surface area contributed by atoms with E-state index in [1.807, 2.05) is 7.05 Å². The SMILES string of the molecule is CCC(CN)c1ccc2c(c1)CCC(=O)N2C. The van der Waals surface area contributed by atoms with E-state index in [0.29, 0.717) is 18.9 Å². The molecule has 1 aliphatic rings. The fourth-order valence-electron chi connectivity index (χ4n) is 2.47. The monoisotopic (exact) mass is 232 g/mol. The van der Waals surface area contributed by atoms with Crippen LogP contribution >= 0.6 is 0 Å². The van der Waals surface area contributed by atoms with Gasteiger partial charge in [0, 0.05) is 19.2 Å². The predicted octanol–water partition coefficient (Wildman–Crippen LogP) is 2.05. The largest absolute Gasteiger partial charge is 0.330 e. The molecule has 0 saturated carbocycles. The lowest BCUT2D eigenvalue weighted by atomic mass is 9.91. The van der Waals surface area contributed by atoms with Crippen LogP contribution in [0.15, 0.2) is 18.2 Å². The van der Waals surface area contributed by atoms with Crippen molar-refractivity contribution in [3.05, 3.63) is 29.3 Å². The first-order valence-corrected chi connectivity index (χ1v) is 6.26. The second-order valence-electron chi connectivity index (χ2n) is 4.68. The maximum Gasteiger partial charge on any atom is 0.227 e. The van der Waals surface area contributed by atoms with Gasteiger partial charge in [0.25, 0.3) is 0 Å². The van der Waals surface area contributed by atoms with Gasteiger partial charge in [-0.15, -0.1) is 0 Å². The lowest BCUT2D eigenvalue weighted by Gasteiger charge is -2.27. The second-order valence-corrected chi connectivity index (χ2v) is 4.68. The standard InChI is InChI=1S/C14H20N2O/c1-3-10(9-15)11-4-6-13-12(8-11)5-7-14(17)16(13)2/h4,6,8,10H,3,5,7,9,15H2,1-2H3. The Balaban J connectivity index is 2.35. The zero-order valence-corrected chi connectivity index (χ0v) is 10.6. The van der Waals surface area contributed by atoms with Gasteiger partial charge in [0.1, 0.15) is 0 Å². The molecule has 0 aliphatic carbocycles. The van der Waals surface area contributed by atoms with Crippen molar-refractivity contribution in [3.8, 4) is 0 Å². The zero-order valence-electron chi connectivity index (χ0n) is 10.6. The molecule has 17 heavy (non-hydrogen) atoms. The summed E-state index contributed by atoms with van der Waals surface area (Å²) in [5.74, 6) is 0.638. The van der Waals surface area contributed by atoms with Crippen LogP contribution in [0.25, 0.3) is 0 Å². The van der Waals surface area contributed by atoms with Crippen molar-refractivity contribution in [1.82, 2.24) is 0 Å². The minimum Gasteiger partial charge on any atom is -0.330 e. The van der Waals surface area contributed by atoms with Crippen LogP contribution < -0.4 is 10.6 Å². The number of anilines is 1. The molecule has 1 heterocycles. The fraction of sp³-hybridized carbons (Fsp3) is 0.500. The summed E-state index contributed by atoms with van der Waals surface area (Å²) < 4.78 is 0. The van der Waals surface area contributed by atoms with Gasteiger partial charge in [0.2, 0.25) is 5.91 Å². The van der Waals surface area contributed by atoms with Crippen LogP contribution in [0.1, 0.15) is 36.8 Å². The summed E-state index contributed by atoms with van der Waals surface area (Å²) in [5, 5.41) is 0. The van der Waals surface area contributed by atoms with Crippen LogP contribution in [-0.4, -0.2) is 19.5 Å². The molecule has 0 radical (unpaired) electrons. The molecule has 0 bridgehead atoms. The van der Waals surface area contributed by atoms with Crippen molar-refractivity contribution < 1.29 is 4.79 Å². The molecule has 0 fully saturated rings. The third kappa shape index (κ3) is 2.20. The van der Waals surface area contributed by atoms with E-state index in [0.717, 1.165) is 18.5 Å². The number of rotatable bonds is 3. The highest BCUT2D eigenvalue weighted by atomic mass is 16.2. The number of amides is 1.